The third-order valence-corrected chi connectivity index (χ3v) is 8.18. The number of nitrogens with zero attached hydrogens (tertiary/aromatic N) is 2. The number of ether oxygens (including phenoxy) is 2. The number of piperidine rings is 1. The molecular weight excluding hydrogens is 613 g/mol. The van der Waals surface area contributed by atoms with Gasteiger partial charge in [0, 0.05) is 40.9 Å². The van der Waals surface area contributed by atoms with Gasteiger partial charge in [0.2, 0.25) is 5.91 Å². The molecule has 0 bridgehead atoms. The molecule has 4 aromatic rings. The first-order chi connectivity index (χ1) is 21.7. The van der Waals surface area contributed by atoms with Gasteiger partial charge < -0.3 is 19.9 Å². The van der Waals surface area contributed by atoms with Crippen molar-refractivity contribution in [2.24, 2.45) is 0 Å². The van der Waals surface area contributed by atoms with Crippen LogP contribution in [0.3, 0.4) is 0 Å². The highest BCUT2D eigenvalue weighted by Crippen LogP contribution is 2.39. The fourth-order valence-electron chi connectivity index (χ4n) is 5.51. The van der Waals surface area contributed by atoms with Crippen molar-refractivity contribution in [2.75, 3.05) is 31.6 Å². The molecule has 0 spiro atoms. The van der Waals surface area contributed by atoms with Crippen molar-refractivity contribution < 1.29 is 24.2 Å². The first-order valence-corrected chi connectivity index (χ1v) is 15.1. The molecule has 0 unspecified atom stereocenters. The molecule has 1 fully saturated rings. The highest BCUT2D eigenvalue weighted by molar-refractivity contribution is 6.35. The van der Waals surface area contributed by atoms with E-state index in [0.29, 0.717) is 59.5 Å². The summed E-state index contributed by atoms with van der Waals surface area (Å²) in [6.45, 7) is 1.34. The van der Waals surface area contributed by atoms with Crippen LogP contribution >= 0.6 is 23.2 Å². The van der Waals surface area contributed by atoms with Gasteiger partial charge in [-0.3, -0.25) is 9.69 Å². The molecule has 0 atom stereocenters. The van der Waals surface area contributed by atoms with Gasteiger partial charge in [0.25, 0.3) is 0 Å². The fraction of sp³-hybridized carbons (Fsp3) is 0.229. The summed E-state index contributed by atoms with van der Waals surface area (Å²) in [4.78, 5) is 26.3. The van der Waals surface area contributed by atoms with E-state index in [4.69, 9.17) is 37.8 Å². The minimum atomic E-state index is -1.03. The van der Waals surface area contributed by atoms with Crippen molar-refractivity contribution >= 4 is 40.8 Å². The fourth-order valence-corrected chi connectivity index (χ4v) is 6.03. The van der Waals surface area contributed by atoms with Crippen LogP contribution in [0.25, 0.3) is 11.1 Å². The molecule has 8 nitrogen and oxygen atoms in total. The summed E-state index contributed by atoms with van der Waals surface area (Å²) in [6, 6.07) is 29.9. The molecule has 0 radical (unpaired) electrons. The van der Waals surface area contributed by atoms with Crippen LogP contribution in [0, 0.1) is 11.3 Å². The van der Waals surface area contributed by atoms with Gasteiger partial charge in [-0.2, -0.15) is 5.26 Å². The molecule has 0 aliphatic carbocycles. The number of halogens is 2. The van der Waals surface area contributed by atoms with Gasteiger partial charge in [0.15, 0.2) is 6.61 Å². The van der Waals surface area contributed by atoms with Crippen molar-refractivity contribution in [1.82, 2.24) is 4.90 Å². The van der Waals surface area contributed by atoms with Crippen LogP contribution in [0.15, 0.2) is 91.0 Å². The summed E-state index contributed by atoms with van der Waals surface area (Å²) in [5.74, 6) is -0.817. The van der Waals surface area contributed by atoms with Crippen molar-refractivity contribution in [3.63, 3.8) is 0 Å². The Hall–Kier alpha value is -4.39. The third kappa shape index (κ3) is 8.41. The Balaban J connectivity index is 1.33. The maximum absolute atomic E-state index is 13.0. The lowest BCUT2D eigenvalue weighted by molar-refractivity contribution is -0.139. The number of anilines is 1. The van der Waals surface area contributed by atoms with Gasteiger partial charge in [-0.15, -0.1) is 0 Å². The summed E-state index contributed by atoms with van der Waals surface area (Å²) >= 11 is 12.2. The number of carboxylic acid groups (broad SMARTS) is 1. The van der Waals surface area contributed by atoms with E-state index in [1.807, 2.05) is 60.7 Å². The number of amides is 1. The SMILES string of the molecule is N#Cc1cccc(-c2ccc(C3(OCC(=O)Nc4cc(Cl)cc(Cl)c4)CCN(Cc4ccccc4OCC(=O)O)CC3)cc2)c1. The molecule has 1 saturated heterocycles. The van der Waals surface area contributed by atoms with Gasteiger partial charge in [-0.25, -0.2) is 4.79 Å². The highest BCUT2D eigenvalue weighted by atomic mass is 35.5. The highest BCUT2D eigenvalue weighted by Gasteiger charge is 2.38. The van der Waals surface area contributed by atoms with E-state index in [-0.39, 0.29) is 12.5 Å². The van der Waals surface area contributed by atoms with E-state index in [1.165, 1.54) is 0 Å². The van der Waals surface area contributed by atoms with E-state index in [9.17, 15) is 14.9 Å². The second-order valence-electron chi connectivity index (χ2n) is 10.8. The van der Waals surface area contributed by atoms with Gasteiger partial charge in [-0.1, -0.05) is 77.8 Å². The van der Waals surface area contributed by atoms with E-state index in [2.05, 4.69) is 16.3 Å². The minimum absolute atomic E-state index is 0.179. The van der Waals surface area contributed by atoms with Crippen LogP contribution in [0.4, 0.5) is 5.69 Å². The number of benzene rings is 4. The zero-order chi connectivity index (χ0) is 31.8. The number of carbonyl (C=O) groups is 2. The summed E-state index contributed by atoms with van der Waals surface area (Å²) in [5.41, 5.74) is 4.10. The van der Waals surface area contributed by atoms with Crippen LogP contribution < -0.4 is 10.1 Å². The molecular formula is C35H31Cl2N3O5. The van der Waals surface area contributed by atoms with Crippen LogP contribution in [0.2, 0.25) is 10.0 Å². The lowest BCUT2D eigenvalue weighted by atomic mass is 9.83. The van der Waals surface area contributed by atoms with Crippen LogP contribution in [0.5, 0.6) is 5.75 Å². The number of nitriles is 1. The number of carbonyl (C=O) groups excluding carboxylic acids is 1. The maximum atomic E-state index is 13.0. The predicted octanol–water partition coefficient (Wildman–Crippen LogP) is 7.14. The zero-order valence-corrected chi connectivity index (χ0v) is 25.9. The van der Waals surface area contributed by atoms with Crippen molar-refractivity contribution in [3.8, 4) is 22.9 Å². The van der Waals surface area contributed by atoms with Gasteiger partial charge in [0.05, 0.1) is 17.2 Å². The van der Waals surface area contributed by atoms with Crippen molar-refractivity contribution in [1.29, 1.82) is 5.26 Å². The number of likely N-dealkylation sites (tertiary alicyclic amines) is 1. The molecule has 0 saturated carbocycles. The average Bonchev–Trinajstić information content (AvgIpc) is 3.04. The molecule has 5 rings (SSSR count). The van der Waals surface area contributed by atoms with Crippen LogP contribution in [-0.2, 0) is 26.5 Å². The normalized spacial score (nSPS) is 14.3. The smallest absolute Gasteiger partial charge is 0.341 e. The molecule has 2 N–H and O–H groups in total. The lowest BCUT2D eigenvalue weighted by Crippen LogP contribution is -2.45. The number of carboxylic acids is 1. The number of aliphatic carboxylic acids is 1. The molecule has 1 heterocycles. The topological polar surface area (TPSA) is 112 Å². The Kier molecular flexibility index (Phi) is 10.4. The summed E-state index contributed by atoms with van der Waals surface area (Å²) in [6.07, 6.45) is 1.23. The Bertz CT molecular complexity index is 1690. The number of para-hydroxylation sites is 1. The minimum Gasteiger partial charge on any atom is -0.482 e. The number of hydrogen-bond acceptors (Lipinski definition) is 6. The Morgan fingerprint density at radius 1 is 0.889 bits per heavy atom. The molecule has 1 aliphatic rings. The van der Waals surface area contributed by atoms with Gasteiger partial charge in [-0.05, 0) is 65.9 Å². The maximum Gasteiger partial charge on any atom is 0.341 e. The Labute approximate surface area is 271 Å². The Morgan fingerprint density at radius 2 is 1.60 bits per heavy atom. The monoisotopic (exact) mass is 643 g/mol. The molecule has 45 heavy (non-hydrogen) atoms. The zero-order valence-electron chi connectivity index (χ0n) is 24.3. The van der Waals surface area contributed by atoms with Gasteiger partial charge in [0.1, 0.15) is 12.4 Å². The summed E-state index contributed by atoms with van der Waals surface area (Å²) in [5, 5.41) is 22.0. The molecule has 1 aliphatic heterocycles. The summed E-state index contributed by atoms with van der Waals surface area (Å²) in [7, 11) is 0. The quantitative estimate of drug-likeness (QED) is 0.179. The van der Waals surface area contributed by atoms with Gasteiger partial charge >= 0.3 is 5.97 Å². The van der Waals surface area contributed by atoms with E-state index >= 15 is 0 Å². The predicted molar refractivity (Wildman–Crippen MR) is 173 cm³/mol. The second kappa shape index (κ2) is 14.6. The van der Waals surface area contributed by atoms with Crippen LogP contribution in [-0.4, -0.2) is 48.2 Å². The third-order valence-electron chi connectivity index (χ3n) is 7.74. The van der Waals surface area contributed by atoms with E-state index < -0.39 is 18.2 Å². The van der Waals surface area contributed by atoms with E-state index in [0.717, 1.165) is 22.3 Å². The molecule has 10 heteroatoms. The van der Waals surface area contributed by atoms with E-state index in [1.54, 1.807) is 30.3 Å². The standard InChI is InChI=1S/C35H31Cl2N3O5/c36-29-17-30(37)19-31(18-29)39-33(41)22-45-35(28-10-8-25(9-11-28)26-6-3-4-24(16-26)20-38)12-14-40(15-13-35)21-27-5-1-2-7-32(27)44-23-34(42)43/h1-11,16-19H,12-15,21-23H2,(H,39,41)(H,42,43). The average molecular weight is 645 g/mol. The Morgan fingerprint density at radius 3 is 2.29 bits per heavy atom. The molecule has 230 valence electrons. The first-order valence-electron chi connectivity index (χ1n) is 14.4. The second-order valence-corrected chi connectivity index (χ2v) is 11.7. The molecule has 1 amide bonds. The number of rotatable bonds is 11. The van der Waals surface area contributed by atoms with Crippen molar-refractivity contribution in [2.45, 2.75) is 25.0 Å². The first kappa shape index (κ1) is 32.0. The largest absolute Gasteiger partial charge is 0.482 e. The molecule has 4 aromatic carbocycles. The molecule has 0 aromatic heterocycles. The summed E-state index contributed by atoms with van der Waals surface area (Å²) < 4.78 is 12.0. The lowest BCUT2D eigenvalue weighted by Gasteiger charge is -2.42. The van der Waals surface area contributed by atoms with Crippen LogP contribution in [0.1, 0.15) is 29.5 Å². The number of nitrogens with one attached hydrogen (secondary N) is 1. The number of hydrogen-bond donors (Lipinski definition) is 2. The van der Waals surface area contributed by atoms with Crippen molar-refractivity contribution in [3.05, 3.63) is 118 Å².